The third kappa shape index (κ3) is 2.30. The second-order valence-electron chi connectivity index (χ2n) is 2.14. The molecule has 0 aromatic heterocycles. The lowest BCUT2D eigenvalue weighted by molar-refractivity contribution is 0.128. The molecule has 0 amide bonds. The maximum atomic E-state index is 10.2. The predicted octanol–water partition coefficient (Wildman–Crippen LogP) is -0.241. The zero-order chi connectivity index (χ0) is 6.91. The van der Waals surface area contributed by atoms with E-state index in [0.717, 1.165) is 19.3 Å². The summed E-state index contributed by atoms with van der Waals surface area (Å²) in [6.45, 7) is 0. The van der Waals surface area contributed by atoms with E-state index in [1.54, 1.807) is 0 Å². The average Bonchev–Trinajstić information content (AvgIpc) is 1.53. The van der Waals surface area contributed by atoms with E-state index < -0.39 is 10.3 Å². The van der Waals surface area contributed by atoms with E-state index in [-0.39, 0.29) is 6.10 Å². The molecule has 0 saturated heterocycles. The van der Waals surface area contributed by atoms with Crippen molar-refractivity contribution in [3.05, 3.63) is 0 Å². The summed E-state index contributed by atoms with van der Waals surface area (Å²) in [5.74, 6) is 0. The minimum Gasteiger partial charge on any atom is -0.255 e. The molecular formula is C4H9NO3S. The average molecular weight is 151 g/mol. The Bertz CT molecular complexity index is 182. The molecule has 1 saturated carbocycles. The molecule has 0 atom stereocenters. The summed E-state index contributed by atoms with van der Waals surface area (Å²) < 4.78 is 24.8. The van der Waals surface area contributed by atoms with Gasteiger partial charge >= 0.3 is 10.3 Å². The van der Waals surface area contributed by atoms with Gasteiger partial charge in [0.2, 0.25) is 0 Å². The van der Waals surface area contributed by atoms with E-state index in [1.807, 2.05) is 0 Å². The van der Waals surface area contributed by atoms with Crippen LogP contribution in [-0.2, 0) is 14.5 Å². The monoisotopic (exact) mass is 151 g/mol. The SMILES string of the molecule is NS(=O)(=O)OC1CCC1. The van der Waals surface area contributed by atoms with E-state index in [4.69, 9.17) is 0 Å². The van der Waals surface area contributed by atoms with Gasteiger partial charge in [-0.15, -0.1) is 0 Å². The molecule has 0 bridgehead atoms. The largest absolute Gasteiger partial charge is 0.333 e. The third-order valence-electron chi connectivity index (χ3n) is 1.32. The van der Waals surface area contributed by atoms with Crippen LogP contribution in [0.15, 0.2) is 0 Å². The van der Waals surface area contributed by atoms with E-state index >= 15 is 0 Å². The van der Waals surface area contributed by atoms with Gasteiger partial charge in [0, 0.05) is 0 Å². The van der Waals surface area contributed by atoms with Crippen LogP contribution < -0.4 is 5.14 Å². The molecule has 1 fully saturated rings. The summed E-state index contributed by atoms with van der Waals surface area (Å²) in [7, 11) is -3.68. The third-order valence-corrected chi connectivity index (χ3v) is 1.86. The highest BCUT2D eigenvalue weighted by molar-refractivity contribution is 7.84. The summed E-state index contributed by atoms with van der Waals surface area (Å²) in [6.07, 6.45) is 2.53. The Balaban J connectivity index is 2.33. The van der Waals surface area contributed by atoms with Crippen molar-refractivity contribution in [3.8, 4) is 0 Å². The fourth-order valence-corrected chi connectivity index (χ4v) is 1.23. The smallest absolute Gasteiger partial charge is 0.255 e. The first kappa shape index (κ1) is 6.98. The molecule has 0 spiro atoms. The minimum atomic E-state index is -3.68. The molecular weight excluding hydrogens is 142 g/mol. The summed E-state index contributed by atoms with van der Waals surface area (Å²) >= 11 is 0. The Morgan fingerprint density at radius 1 is 1.44 bits per heavy atom. The first-order valence-electron chi connectivity index (χ1n) is 2.79. The van der Waals surface area contributed by atoms with E-state index in [9.17, 15) is 8.42 Å². The van der Waals surface area contributed by atoms with Crippen molar-refractivity contribution in [2.75, 3.05) is 0 Å². The molecule has 1 aliphatic rings. The van der Waals surface area contributed by atoms with Crippen molar-refractivity contribution in [1.82, 2.24) is 0 Å². The van der Waals surface area contributed by atoms with Gasteiger partial charge in [-0.1, -0.05) is 0 Å². The minimum absolute atomic E-state index is 0.139. The molecule has 0 aromatic carbocycles. The first-order valence-corrected chi connectivity index (χ1v) is 4.26. The van der Waals surface area contributed by atoms with E-state index in [2.05, 4.69) is 9.32 Å². The van der Waals surface area contributed by atoms with Crippen molar-refractivity contribution < 1.29 is 12.6 Å². The van der Waals surface area contributed by atoms with Crippen molar-refractivity contribution in [2.45, 2.75) is 25.4 Å². The topological polar surface area (TPSA) is 69.4 Å². The first-order chi connectivity index (χ1) is 4.08. The number of hydrogen-bond acceptors (Lipinski definition) is 3. The van der Waals surface area contributed by atoms with Gasteiger partial charge < -0.3 is 0 Å². The number of rotatable bonds is 2. The van der Waals surface area contributed by atoms with Gasteiger partial charge in [0.15, 0.2) is 0 Å². The second kappa shape index (κ2) is 2.24. The Morgan fingerprint density at radius 2 is 2.00 bits per heavy atom. The lowest BCUT2D eigenvalue weighted by Gasteiger charge is -2.23. The lowest BCUT2D eigenvalue weighted by atomic mass is 9.97. The molecule has 9 heavy (non-hydrogen) atoms. The van der Waals surface area contributed by atoms with Crippen LogP contribution in [0.3, 0.4) is 0 Å². The number of nitrogens with two attached hydrogens (primary N) is 1. The van der Waals surface area contributed by atoms with Crippen LogP contribution in [-0.4, -0.2) is 14.5 Å². The summed E-state index contributed by atoms with van der Waals surface area (Å²) in [5, 5.41) is 4.60. The highest BCUT2D eigenvalue weighted by Gasteiger charge is 2.22. The fourth-order valence-electron chi connectivity index (χ4n) is 0.657. The fraction of sp³-hybridized carbons (Fsp3) is 1.00. The Morgan fingerprint density at radius 3 is 2.11 bits per heavy atom. The van der Waals surface area contributed by atoms with Crippen molar-refractivity contribution in [3.63, 3.8) is 0 Å². The molecule has 1 aliphatic carbocycles. The summed E-state index contributed by atoms with van der Waals surface area (Å²) in [5.41, 5.74) is 0. The van der Waals surface area contributed by atoms with Gasteiger partial charge in [-0.05, 0) is 19.3 Å². The van der Waals surface area contributed by atoms with Crippen LogP contribution in [0.2, 0.25) is 0 Å². The van der Waals surface area contributed by atoms with Gasteiger partial charge in [-0.3, -0.25) is 4.18 Å². The maximum Gasteiger partial charge on any atom is 0.333 e. The van der Waals surface area contributed by atoms with Crippen LogP contribution in [0.5, 0.6) is 0 Å². The molecule has 0 aromatic rings. The second-order valence-corrected chi connectivity index (χ2v) is 3.32. The maximum absolute atomic E-state index is 10.2. The van der Waals surface area contributed by atoms with Crippen LogP contribution in [0.25, 0.3) is 0 Å². The Labute approximate surface area is 54.3 Å². The lowest BCUT2D eigenvalue weighted by Crippen LogP contribution is -2.28. The molecule has 4 nitrogen and oxygen atoms in total. The molecule has 5 heteroatoms. The molecule has 1 rings (SSSR count). The van der Waals surface area contributed by atoms with Gasteiger partial charge in [0.25, 0.3) is 0 Å². The predicted molar refractivity (Wildman–Crippen MR) is 31.8 cm³/mol. The highest BCUT2D eigenvalue weighted by atomic mass is 32.2. The quantitative estimate of drug-likeness (QED) is 0.592. The van der Waals surface area contributed by atoms with Gasteiger partial charge in [0.05, 0.1) is 6.10 Å². The highest BCUT2D eigenvalue weighted by Crippen LogP contribution is 2.22. The van der Waals surface area contributed by atoms with Crippen LogP contribution >= 0.6 is 0 Å². The summed E-state index contributed by atoms with van der Waals surface area (Å²) in [6, 6.07) is 0. The molecule has 0 radical (unpaired) electrons. The standard InChI is InChI=1S/C4H9NO3S/c5-9(6,7)8-4-2-1-3-4/h4H,1-3H2,(H2,5,6,7). The molecule has 2 N–H and O–H groups in total. The van der Waals surface area contributed by atoms with Crippen molar-refractivity contribution >= 4 is 10.3 Å². The molecule has 0 aliphatic heterocycles. The van der Waals surface area contributed by atoms with E-state index in [1.165, 1.54) is 0 Å². The van der Waals surface area contributed by atoms with Crippen LogP contribution in [0.4, 0.5) is 0 Å². The number of hydrogen-bond donors (Lipinski definition) is 1. The van der Waals surface area contributed by atoms with E-state index in [0.29, 0.717) is 0 Å². The van der Waals surface area contributed by atoms with Gasteiger partial charge in [0.1, 0.15) is 0 Å². The Hall–Kier alpha value is -0.130. The molecule has 54 valence electrons. The van der Waals surface area contributed by atoms with Crippen molar-refractivity contribution in [1.29, 1.82) is 0 Å². The zero-order valence-electron chi connectivity index (χ0n) is 4.91. The van der Waals surface area contributed by atoms with Gasteiger partial charge in [-0.2, -0.15) is 8.42 Å². The Kier molecular flexibility index (Phi) is 1.74. The summed E-state index contributed by atoms with van der Waals surface area (Å²) in [4.78, 5) is 0. The molecule has 0 unspecified atom stereocenters. The normalized spacial score (nSPS) is 21.4. The molecule has 0 heterocycles. The van der Waals surface area contributed by atoms with Crippen molar-refractivity contribution in [2.24, 2.45) is 5.14 Å². The zero-order valence-corrected chi connectivity index (χ0v) is 5.73. The van der Waals surface area contributed by atoms with Crippen LogP contribution in [0.1, 0.15) is 19.3 Å². The van der Waals surface area contributed by atoms with Crippen LogP contribution in [0, 0.1) is 0 Å². The van der Waals surface area contributed by atoms with Gasteiger partial charge in [-0.25, -0.2) is 5.14 Å².